The number of likely N-dealkylation sites (tertiary alicyclic amines) is 1. The van der Waals surface area contributed by atoms with Gasteiger partial charge in [0.1, 0.15) is 0 Å². The molecular formula is C15H22BrN3O5S. The van der Waals surface area contributed by atoms with E-state index in [1.165, 1.54) is 10.6 Å². The molecule has 1 amide bonds. The second-order valence-corrected chi connectivity index (χ2v) is 9.01. The van der Waals surface area contributed by atoms with Crippen molar-refractivity contribution in [2.75, 3.05) is 58.7 Å². The van der Waals surface area contributed by atoms with E-state index >= 15 is 0 Å². The number of furan rings is 1. The Balaban J connectivity index is 1.55. The predicted molar refractivity (Wildman–Crippen MR) is 94.9 cm³/mol. The lowest BCUT2D eigenvalue weighted by Gasteiger charge is -2.44. The second kappa shape index (κ2) is 7.75. The van der Waals surface area contributed by atoms with Crippen LogP contribution in [-0.4, -0.2) is 93.2 Å². The van der Waals surface area contributed by atoms with Crippen LogP contribution >= 0.6 is 15.9 Å². The molecule has 2 saturated heterocycles. The molecule has 2 fully saturated rings. The van der Waals surface area contributed by atoms with E-state index in [0.29, 0.717) is 44.1 Å². The predicted octanol–water partition coefficient (Wildman–Crippen LogP) is 0.460. The SMILES string of the molecule is CS(=O)(=O)N(CCN1CCOCC1)C1CN(C(=O)c2ccc(Br)o2)C1. The fourth-order valence-electron chi connectivity index (χ4n) is 3.07. The highest BCUT2D eigenvalue weighted by Gasteiger charge is 2.39. The van der Waals surface area contributed by atoms with Crippen molar-refractivity contribution in [1.82, 2.24) is 14.1 Å². The molecule has 0 saturated carbocycles. The summed E-state index contributed by atoms with van der Waals surface area (Å²) in [7, 11) is -3.33. The minimum absolute atomic E-state index is 0.182. The Morgan fingerprint density at radius 2 is 2.00 bits per heavy atom. The van der Waals surface area contributed by atoms with Gasteiger partial charge < -0.3 is 14.1 Å². The molecule has 1 aromatic heterocycles. The first-order valence-corrected chi connectivity index (χ1v) is 10.8. The Kier molecular flexibility index (Phi) is 5.84. The molecule has 0 aromatic carbocycles. The third-order valence-corrected chi connectivity index (χ3v) is 6.27. The van der Waals surface area contributed by atoms with Crippen LogP contribution < -0.4 is 0 Å². The second-order valence-electron chi connectivity index (χ2n) is 6.30. The quantitative estimate of drug-likeness (QED) is 0.645. The molecule has 3 heterocycles. The Morgan fingerprint density at radius 1 is 1.32 bits per heavy atom. The van der Waals surface area contributed by atoms with Crippen molar-refractivity contribution in [3.63, 3.8) is 0 Å². The van der Waals surface area contributed by atoms with Crippen LogP contribution in [0, 0.1) is 0 Å². The van der Waals surface area contributed by atoms with E-state index in [9.17, 15) is 13.2 Å². The van der Waals surface area contributed by atoms with Gasteiger partial charge in [0.25, 0.3) is 5.91 Å². The molecule has 140 valence electrons. The molecule has 0 radical (unpaired) electrons. The fourth-order valence-corrected chi connectivity index (χ4v) is 4.47. The van der Waals surface area contributed by atoms with Gasteiger partial charge in [-0.25, -0.2) is 8.42 Å². The van der Waals surface area contributed by atoms with Crippen molar-refractivity contribution >= 4 is 31.9 Å². The largest absolute Gasteiger partial charge is 0.444 e. The third-order valence-electron chi connectivity index (χ3n) is 4.51. The summed E-state index contributed by atoms with van der Waals surface area (Å²) in [6, 6.07) is 3.08. The molecule has 1 aromatic rings. The van der Waals surface area contributed by atoms with Crippen molar-refractivity contribution in [1.29, 1.82) is 0 Å². The number of ether oxygens (including phenoxy) is 1. The van der Waals surface area contributed by atoms with Gasteiger partial charge in [-0.15, -0.1) is 0 Å². The highest BCUT2D eigenvalue weighted by atomic mass is 79.9. The molecule has 2 aliphatic heterocycles. The molecule has 0 aliphatic carbocycles. The fraction of sp³-hybridized carbons (Fsp3) is 0.667. The molecule has 8 nitrogen and oxygen atoms in total. The number of rotatable bonds is 6. The summed E-state index contributed by atoms with van der Waals surface area (Å²) in [6.45, 7) is 4.87. The van der Waals surface area contributed by atoms with E-state index in [1.807, 2.05) is 0 Å². The van der Waals surface area contributed by atoms with Crippen LogP contribution in [0.4, 0.5) is 0 Å². The summed E-state index contributed by atoms with van der Waals surface area (Å²) < 4.78 is 36.9. The van der Waals surface area contributed by atoms with Crippen LogP contribution in [0.2, 0.25) is 0 Å². The van der Waals surface area contributed by atoms with Crippen LogP contribution in [0.15, 0.2) is 21.2 Å². The molecular weight excluding hydrogens is 414 g/mol. The van der Waals surface area contributed by atoms with Crippen LogP contribution in [0.3, 0.4) is 0 Å². The van der Waals surface area contributed by atoms with Crippen molar-refractivity contribution in [2.24, 2.45) is 0 Å². The van der Waals surface area contributed by atoms with Gasteiger partial charge in [-0.05, 0) is 28.1 Å². The lowest BCUT2D eigenvalue weighted by molar-refractivity contribution is 0.0260. The van der Waals surface area contributed by atoms with Crippen molar-refractivity contribution < 1.29 is 22.4 Å². The van der Waals surface area contributed by atoms with Gasteiger partial charge in [0.15, 0.2) is 10.4 Å². The summed E-state index contributed by atoms with van der Waals surface area (Å²) in [5, 5.41) is 0. The first-order valence-electron chi connectivity index (χ1n) is 8.16. The number of carbonyl (C=O) groups excluding carboxylic acids is 1. The number of sulfonamides is 1. The normalized spacial score (nSPS) is 20.0. The molecule has 3 rings (SSSR count). The van der Waals surface area contributed by atoms with Gasteiger partial charge in [0.05, 0.1) is 25.5 Å². The molecule has 0 unspecified atom stereocenters. The Hall–Kier alpha value is -0.940. The zero-order valence-corrected chi connectivity index (χ0v) is 16.5. The average molecular weight is 436 g/mol. The molecule has 25 heavy (non-hydrogen) atoms. The first-order chi connectivity index (χ1) is 11.8. The Labute approximate surface area is 155 Å². The minimum atomic E-state index is -3.33. The van der Waals surface area contributed by atoms with Gasteiger partial charge in [0, 0.05) is 39.3 Å². The smallest absolute Gasteiger partial charge is 0.289 e. The van der Waals surface area contributed by atoms with E-state index < -0.39 is 10.0 Å². The van der Waals surface area contributed by atoms with Gasteiger partial charge in [-0.2, -0.15) is 4.31 Å². The van der Waals surface area contributed by atoms with Crippen LogP contribution in [0.1, 0.15) is 10.6 Å². The molecule has 10 heteroatoms. The van der Waals surface area contributed by atoms with E-state index in [0.717, 1.165) is 13.1 Å². The molecule has 0 atom stereocenters. The molecule has 0 bridgehead atoms. The lowest BCUT2D eigenvalue weighted by Crippen LogP contribution is -2.63. The number of halogens is 1. The standard InChI is InChI=1S/C15H22BrN3O5S/c1-25(21,22)19(5-4-17-6-8-23-9-7-17)12-10-18(11-12)15(20)13-2-3-14(16)24-13/h2-3,12H,4-11H2,1H3. The zero-order chi connectivity index (χ0) is 18.0. The lowest BCUT2D eigenvalue weighted by atomic mass is 10.1. The van der Waals surface area contributed by atoms with E-state index in [4.69, 9.17) is 9.15 Å². The van der Waals surface area contributed by atoms with Gasteiger partial charge in [-0.3, -0.25) is 9.69 Å². The number of carbonyl (C=O) groups is 1. The van der Waals surface area contributed by atoms with E-state index in [1.54, 1.807) is 17.0 Å². The first kappa shape index (κ1) is 18.8. The summed E-state index contributed by atoms with van der Waals surface area (Å²) in [4.78, 5) is 16.1. The summed E-state index contributed by atoms with van der Waals surface area (Å²) >= 11 is 3.17. The summed E-state index contributed by atoms with van der Waals surface area (Å²) in [5.41, 5.74) is 0. The molecule has 0 spiro atoms. The van der Waals surface area contributed by atoms with Crippen LogP contribution in [0.25, 0.3) is 0 Å². The number of hydrogen-bond donors (Lipinski definition) is 0. The number of morpholine rings is 1. The van der Waals surface area contributed by atoms with Crippen molar-refractivity contribution in [2.45, 2.75) is 6.04 Å². The van der Waals surface area contributed by atoms with Crippen molar-refractivity contribution in [3.8, 4) is 0 Å². The maximum absolute atomic E-state index is 12.3. The number of amides is 1. The maximum atomic E-state index is 12.3. The van der Waals surface area contributed by atoms with E-state index in [2.05, 4.69) is 20.8 Å². The molecule has 0 N–H and O–H groups in total. The Bertz CT molecular complexity index is 711. The Morgan fingerprint density at radius 3 is 2.56 bits per heavy atom. The number of hydrogen-bond acceptors (Lipinski definition) is 6. The van der Waals surface area contributed by atoms with Gasteiger partial charge >= 0.3 is 0 Å². The van der Waals surface area contributed by atoms with Gasteiger partial charge in [-0.1, -0.05) is 0 Å². The topological polar surface area (TPSA) is 83.3 Å². The number of nitrogens with zero attached hydrogens (tertiary/aromatic N) is 3. The molecule has 2 aliphatic rings. The van der Waals surface area contributed by atoms with Gasteiger partial charge in [0.2, 0.25) is 10.0 Å². The third kappa shape index (κ3) is 4.62. The van der Waals surface area contributed by atoms with Crippen LogP contribution in [0.5, 0.6) is 0 Å². The summed E-state index contributed by atoms with van der Waals surface area (Å²) in [5.74, 6) is 0.0353. The van der Waals surface area contributed by atoms with Crippen molar-refractivity contribution in [3.05, 3.63) is 22.6 Å². The average Bonchev–Trinajstić information content (AvgIpc) is 2.95. The van der Waals surface area contributed by atoms with E-state index in [-0.39, 0.29) is 17.7 Å². The maximum Gasteiger partial charge on any atom is 0.289 e. The summed E-state index contributed by atoms with van der Waals surface area (Å²) in [6.07, 6.45) is 1.22. The zero-order valence-electron chi connectivity index (χ0n) is 14.1. The monoisotopic (exact) mass is 435 g/mol. The highest BCUT2D eigenvalue weighted by molar-refractivity contribution is 9.10. The highest BCUT2D eigenvalue weighted by Crippen LogP contribution is 2.22. The van der Waals surface area contributed by atoms with Crippen LogP contribution in [-0.2, 0) is 14.8 Å². The minimum Gasteiger partial charge on any atom is -0.444 e.